The first-order valence-corrected chi connectivity index (χ1v) is 7.51. The van der Waals surface area contributed by atoms with E-state index in [9.17, 15) is 27.6 Å². The number of halogens is 3. The summed E-state index contributed by atoms with van der Waals surface area (Å²) >= 11 is 0. The van der Waals surface area contributed by atoms with Gasteiger partial charge in [0.2, 0.25) is 0 Å². The van der Waals surface area contributed by atoms with E-state index in [-0.39, 0.29) is 6.42 Å². The van der Waals surface area contributed by atoms with Crippen molar-refractivity contribution < 1.29 is 32.3 Å². The molecule has 0 saturated carbocycles. The molecule has 0 aliphatic rings. The fourth-order valence-corrected chi connectivity index (χ4v) is 2.10. The van der Waals surface area contributed by atoms with Crippen LogP contribution in [0.2, 0.25) is 0 Å². The number of benzene rings is 2. The number of hydrogen-bond acceptors (Lipinski definition) is 4. The second kappa shape index (κ2) is 8.32. The van der Waals surface area contributed by atoms with Gasteiger partial charge in [0.05, 0.1) is 6.42 Å². The Hall–Kier alpha value is -3.10. The number of imide groups is 1. The van der Waals surface area contributed by atoms with Gasteiger partial charge in [0.15, 0.2) is 6.61 Å². The maximum atomic E-state index is 11.9. The van der Waals surface area contributed by atoms with Crippen molar-refractivity contribution >= 4 is 28.7 Å². The molecular weight excluding hydrogens is 353 g/mol. The molecule has 0 aliphatic heterocycles. The van der Waals surface area contributed by atoms with E-state index in [4.69, 9.17) is 4.74 Å². The zero-order chi connectivity index (χ0) is 19.2. The molecule has 0 aliphatic carbocycles. The first-order valence-electron chi connectivity index (χ1n) is 7.51. The summed E-state index contributed by atoms with van der Waals surface area (Å²) < 4.78 is 40.5. The fourth-order valence-electron chi connectivity index (χ4n) is 2.10. The Balaban J connectivity index is 1.76. The Morgan fingerprint density at radius 2 is 1.69 bits per heavy atom. The zero-order valence-electron chi connectivity index (χ0n) is 13.4. The second-order valence-corrected chi connectivity index (χ2v) is 5.36. The maximum absolute atomic E-state index is 11.9. The monoisotopic (exact) mass is 368 g/mol. The summed E-state index contributed by atoms with van der Waals surface area (Å²) in [6.45, 7) is -2.35. The van der Waals surface area contributed by atoms with Gasteiger partial charge in [-0.25, -0.2) is 4.79 Å². The van der Waals surface area contributed by atoms with Crippen LogP contribution in [0.4, 0.5) is 18.0 Å². The number of carbonyl (C=O) groups excluding carboxylic acids is 3. The zero-order valence-corrected chi connectivity index (χ0v) is 13.4. The van der Waals surface area contributed by atoms with Crippen LogP contribution in [0.5, 0.6) is 0 Å². The number of alkyl halides is 3. The van der Waals surface area contributed by atoms with E-state index in [0.717, 1.165) is 10.8 Å². The highest BCUT2D eigenvalue weighted by atomic mass is 19.4. The molecule has 0 radical (unpaired) electrons. The van der Waals surface area contributed by atoms with Crippen molar-refractivity contribution in [2.45, 2.75) is 12.6 Å². The lowest BCUT2D eigenvalue weighted by atomic mass is 10.1. The number of rotatable bonds is 5. The normalized spacial score (nSPS) is 11.0. The third-order valence-corrected chi connectivity index (χ3v) is 3.23. The predicted octanol–water partition coefficient (Wildman–Crippen LogP) is 2.31. The molecule has 2 aromatic rings. The predicted molar refractivity (Wildman–Crippen MR) is 86.2 cm³/mol. The topological polar surface area (TPSA) is 84.5 Å². The van der Waals surface area contributed by atoms with Gasteiger partial charge in [-0.3, -0.25) is 14.9 Å². The molecule has 9 heteroatoms. The first-order chi connectivity index (χ1) is 12.2. The fraction of sp³-hybridized carbons (Fsp3) is 0.235. The van der Waals surface area contributed by atoms with Crippen LogP contribution >= 0.6 is 0 Å². The smallest absolute Gasteiger partial charge is 0.405 e. The molecule has 6 nitrogen and oxygen atoms in total. The van der Waals surface area contributed by atoms with Crippen LogP contribution in [0.15, 0.2) is 42.5 Å². The van der Waals surface area contributed by atoms with Gasteiger partial charge in [0.25, 0.3) is 5.91 Å². The van der Waals surface area contributed by atoms with E-state index >= 15 is 0 Å². The maximum Gasteiger partial charge on any atom is 0.405 e. The molecule has 2 rings (SSSR count). The number of esters is 1. The largest absolute Gasteiger partial charge is 0.455 e. The van der Waals surface area contributed by atoms with E-state index in [1.165, 1.54) is 5.32 Å². The molecule has 0 saturated heterocycles. The molecule has 0 fully saturated rings. The lowest BCUT2D eigenvalue weighted by molar-refractivity contribution is -0.147. The first kappa shape index (κ1) is 19.2. The molecule has 0 aromatic heterocycles. The van der Waals surface area contributed by atoms with Crippen LogP contribution in [-0.2, 0) is 20.7 Å². The van der Waals surface area contributed by atoms with Gasteiger partial charge in [-0.2, -0.15) is 13.2 Å². The summed E-state index contributed by atoms with van der Waals surface area (Å²) in [5, 5.41) is 5.04. The summed E-state index contributed by atoms with van der Waals surface area (Å²) in [7, 11) is 0. The molecule has 0 heterocycles. The lowest BCUT2D eigenvalue weighted by Gasteiger charge is -2.09. The third-order valence-electron chi connectivity index (χ3n) is 3.23. The SMILES string of the molecule is O=C(COC(=O)Cc1ccc2ccccc2c1)NC(=O)NCC(F)(F)F. The molecule has 3 amide bonds. The van der Waals surface area contributed by atoms with Crippen molar-refractivity contribution in [3.05, 3.63) is 48.0 Å². The third kappa shape index (κ3) is 6.42. The number of amides is 3. The number of nitrogens with one attached hydrogen (secondary N) is 2. The van der Waals surface area contributed by atoms with Gasteiger partial charge in [-0.1, -0.05) is 42.5 Å². The molecule has 2 aromatic carbocycles. The summed E-state index contributed by atoms with van der Waals surface area (Å²) in [6.07, 6.45) is -4.68. The highest BCUT2D eigenvalue weighted by Gasteiger charge is 2.28. The van der Waals surface area contributed by atoms with Crippen LogP contribution in [0.25, 0.3) is 10.8 Å². The average Bonchev–Trinajstić information content (AvgIpc) is 2.57. The number of ether oxygens (including phenoxy) is 1. The van der Waals surface area contributed by atoms with Crippen molar-refractivity contribution in [1.29, 1.82) is 0 Å². The molecule has 0 spiro atoms. The summed E-state index contributed by atoms with van der Waals surface area (Å²) in [4.78, 5) is 34.2. The van der Waals surface area contributed by atoms with Gasteiger partial charge in [0.1, 0.15) is 6.54 Å². The summed E-state index contributed by atoms with van der Waals surface area (Å²) in [6, 6.07) is 11.6. The van der Waals surface area contributed by atoms with Crippen LogP contribution in [0.3, 0.4) is 0 Å². The average molecular weight is 368 g/mol. The van der Waals surface area contributed by atoms with E-state index < -0.39 is 37.2 Å². The van der Waals surface area contributed by atoms with E-state index in [1.807, 2.05) is 30.3 Å². The van der Waals surface area contributed by atoms with Crippen LogP contribution < -0.4 is 10.6 Å². The highest BCUT2D eigenvalue weighted by Crippen LogP contribution is 2.16. The number of urea groups is 1. The molecule has 0 atom stereocenters. The minimum Gasteiger partial charge on any atom is -0.455 e. The van der Waals surface area contributed by atoms with E-state index in [2.05, 4.69) is 0 Å². The summed E-state index contributed by atoms with van der Waals surface area (Å²) in [5.41, 5.74) is 0.678. The Morgan fingerprint density at radius 1 is 1.00 bits per heavy atom. The van der Waals surface area contributed by atoms with Crippen molar-refractivity contribution in [3.8, 4) is 0 Å². The van der Waals surface area contributed by atoms with Crippen molar-refractivity contribution in [3.63, 3.8) is 0 Å². The van der Waals surface area contributed by atoms with Gasteiger partial charge < -0.3 is 10.1 Å². The lowest BCUT2D eigenvalue weighted by Crippen LogP contribution is -2.44. The van der Waals surface area contributed by atoms with Crippen LogP contribution in [0.1, 0.15) is 5.56 Å². The van der Waals surface area contributed by atoms with E-state index in [0.29, 0.717) is 5.56 Å². The molecule has 0 unspecified atom stereocenters. The van der Waals surface area contributed by atoms with Crippen molar-refractivity contribution in [2.24, 2.45) is 0 Å². The Labute approximate surface area is 146 Å². The highest BCUT2D eigenvalue weighted by molar-refractivity contribution is 5.95. The molecular formula is C17H15F3N2O4. The Bertz CT molecular complexity index is 821. The van der Waals surface area contributed by atoms with Gasteiger partial charge >= 0.3 is 18.2 Å². The van der Waals surface area contributed by atoms with Crippen molar-refractivity contribution in [1.82, 2.24) is 10.6 Å². The molecule has 26 heavy (non-hydrogen) atoms. The van der Waals surface area contributed by atoms with Gasteiger partial charge in [0, 0.05) is 0 Å². The van der Waals surface area contributed by atoms with Crippen LogP contribution in [-0.4, -0.2) is 37.2 Å². The molecule has 2 N–H and O–H groups in total. The second-order valence-electron chi connectivity index (χ2n) is 5.36. The Morgan fingerprint density at radius 3 is 2.38 bits per heavy atom. The minimum atomic E-state index is -4.59. The van der Waals surface area contributed by atoms with Crippen LogP contribution in [0, 0.1) is 0 Å². The quantitative estimate of drug-likeness (QED) is 0.794. The number of hydrogen-bond donors (Lipinski definition) is 2. The van der Waals surface area contributed by atoms with Crippen molar-refractivity contribution in [2.75, 3.05) is 13.2 Å². The standard InChI is InChI=1S/C17H15F3N2O4/c18-17(19,20)10-21-16(25)22-14(23)9-26-15(24)8-11-5-6-12-3-1-2-4-13(12)7-11/h1-7H,8-10H2,(H2,21,22,23,25). The molecule has 0 bridgehead atoms. The number of carbonyl (C=O) groups is 3. The van der Waals surface area contributed by atoms with Gasteiger partial charge in [-0.05, 0) is 16.3 Å². The Kier molecular flexibility index (Phi) is 6.16. The van der Waals surface area contributed by atoms with E-state index in [1.54, 1.807) is 17.4 Å². The number of fused-ring (bicyclic) bond motifs is 1. The summed E-state index contributed by atoms with van der Waals surface area (Å²) in [5.74, 6) is -1.73. The molecule has 138 valence electrons. The van der Waals surface area contributed by atoms with Gasteiger partial charge in [-0.15, -0.1) is 0 Å². The minimum absolute atomic E-state index is 0.0849.